The number of ether oxygens (including phenoxy) is 1. The Labute approximate surface area is 131 Å². The molecule has 1 aromatic rings. The summed E-state index contributed by atoms with van der Waals surface area (Å²) in [5.74, 6) is 0.352. The average molecular weight is 308 g/mol. The van der Waals surface area contributed by atoms with Crippen LogP contribution in [0.5, 0.6) is 5.88 Å². The minimum Gasteiger partial charge on any atom is -0.477 e. The van der Waals surface area contributed by atoms with E-state index in [1.54, 1.807) is 33.3 Å². The molecule has 1 unspecified atom stereocenters. The van der Waals surface area contributed by atoms with E-state index in [2.05, 4.69) is 15.6 Å². The molecule has 0 aromatic carbocycles. The van der Waals surface area contributed by atoms with Crippen LogP contribution in [-0.2, 0) is 11.3 Å². The van der Waals surface area contributed by atoms with Crippen molar-refractivity contribution in [3.05, 3.63) is 23.9 Å². The molecule has 0 aliphatic rings. The van der Waals surface area contributed by atoms with Gasteiger partial charge in [-0.1, -0.05) is 13.0 Å². The van der Waals surface area contributed by atoms with Gasteiger partial charge in [-0.05, 0) is 19.4 Å². The van der Waals surface area contributed by atoms with Crippen LogP contribution in [0.4, 0.5) is 4.79 Å². The Morgan fingerprint density at radius 1 is 1.41 bits per heavy atom. The lowest BCUT2D eigenvalue weighted by Crippen LogP contribution is -2.47. The van der Waals surface area contributed by atoms with Crippen molar-refractivity contribution in [2.45, 2.75) is 32.9 Å². The number of pyridine rings is 1. The number of carbonyl (C=O) groups excluding carboxylic acids is 2. The van der Waals surface area contributed by atoms with E-state index in [9.17, 15) is 9.59 Å². The van der Waals surface area contributed by atoms with E-state index >= 15 is 0 Å². The van der Waals surface area contributed by atoms with E-state index in [0.29, 0.717) is 12.5 Å². The molecule has 122 valence electrons. The largest absolute Gasteiger partial charge is 0.477 e. The SMILES string of the molecule is CCCOc1ncccc1CNC(=O)NC(C)C(=O)N(C)C. The molecule has 0 saturated carbocycles. The van der Waals surface area contributed by atoms with E-state index in [-0.39, 0.29) is 12.5 Å². The van der Waals surface area contributed by atoms with Crippen molar-refractivity contribution in [3.63, 3.8) is 0 Å². The second-order valence-corrected chi connectivity index (χ2v) is 5.10. The summed E-state index contributed by atoms with van der Waals surface area (Å²) >= 11 is 0. The molecular weight excluding hydrogens is 284 g/mol. The van der Waals surface area contributed by atoms with Gasteiger partial charge in [0.2, 0.25) is 11.8 Å². The lowest BCUT2D eigenvalue weighted by molar-refractivity contribution is -0.130. The Hall–Kier alpha value is -2.31. The van der Waals surface area contributed by atoms with Crippen LogP contribution >= 0.6 is 0 Å². The zero-order valence-electron chi connectivity index (χ0n) is 13.5. The number of carbonyl (C=O) groups is 2. The third-order valence-electron chi connectivity index (χ3n) is 2.89. The van der Waals surface area contributed by atoms with Crippen LogP contribution in [-0.4, -0.2) is 48.6 Å². The highest BCUT2D eigenvalue weighted by molar-refractivity contribution is 5.86. The van der Waals surface area contributed by atoms with Crippen molar-refractivity contribution in [3.8, 4) is 5.88 Å². The van der Waals surface area contributed by atoms with Crippen molar-refractivity contribution in [1.29, 1.82) is 0 Å². The fraction of sp³-hybridized carbons (Fsp3) is 0.533. The number of hydrogen-bond acceptors (Lipinski definition) is 4. The average Bonchev–Trinajstić information content (AvgIpc) is 2.50. The molecule has 0 bridgehead atoms. The summed E-state index contributed by atoms with van der Waals surface area (Å²) in [7, 11) is 3.29. The van der Waals surface area contributed by atoms with Gasteiger partial charge in [-0.25, -0.2) is 9.78 Å². The molecule has 1 aromatic heterocycles. The Morgan fingerprint density at radius 3 is 2.77 bits per heavy atom. The van der Waals surface area contributed by atoms with Gasteiger partial charge in [-0.3, -0.25) is 4.79 Å². The zero-order chi connectivity index (χ0) is 16.5. The lowest BCUT2D eigenvalue weighted by Gasteiger charge is -2.18. The highest BCUT2D eigenvalue weighted by Crippen LogP contribution is 2.14. The van der Waals surface area contributed by atoms with Gasteiger partial charge < -0.3 is 20.3 Å². The van der Waals surface area contributed by atoms with Gasteiger partial charge in [0.25, 0.3) is 0 Å². The van der Waals surface area contributed by atoms with E-state index in [4.69, 9.17) is 4.74 Å². The van der Waals surface area contributed by atoms with Gasteiger partial charge in [0.15, 0.2) is 0 Å². The van der Waals surface area contributed by atoms with E-state index in [0.717, 1.165) is 12.0 Å². The number of aromatic nitrogens is 1. The Kier molecular flexibility index (Phi) is 7.15. The molecule has 3 amide bonds. The number of rotatable bonds is 7. The number of nitrogens with one attached hydrogen (secondary N) is 2. The second-order valence-electron chi connectivity index (χ2n) is 5.10. The summed E-state index contributed by atoms with van der Waals surface area (Å²) in [5.41, 5.74) is 0.790. The maximum atomic E-state index is 11.8. The predicted octanol–water partition coefficient (Wildman–Crippen LogP) is 1.15. The number of likely N-dealkylation sites (N-methyl/N-ethyl adjacent to an activating group) is 1. The standard InChI is InChI=1S/C15H24N4O3/c1-5-9-22-13-12(7-6-8-16-13)10-17-15(21)18-11(2)14(20)19(3)4/h6-8,11H,5,9-10H2,1-4H3,(H2,17,18,21). The van der Waals surface area contributed by atoms with Crippen LogP contribution in [0.3, 0.4) is 0 Å². The van der Waals surface area contributed by atoms with Gasteiger partial charge in [-0.15, -0.1) is 0 Å². The van der Waals surface area contributed by atoms with Gasteiger partial charge in [0, 0.05) is 32.4 Å². The molecule has 0 fully saturated rings. The molecule has 1 rings (SSSR count). The van der Waals surface area contributed by atoms with Gasteiger partial charge in [0.05, 0.1) is 6.61 Å². The Morgan fingerprint density at radius 2 is 2.14 bits per heavy atom. The summed E-state index contributed by atoms with van der Waals surface area (Å²) in [6.07, 6.45) is 2.53. The first-order chi connectivity index (χ1) is 10.5. The first-order valence-corrected chi connectivity index (χ1v) is 7.28. The minimum atomic E-state index is -0.584. The van der Waals surface area contributed by atoms with Crippen LogP contribution < -0.4 is 15.4 Å². The van der Waals surface area contributed by atoms with Crippen LogP contribution in [0.15, 0.2) is 18.3 Å². The molecule has 1 heterocycles. The molecule has 0 saturated heterocycles. The summed E-state index contributed by atoms with van der Waals surface area (Å²) in [6.45, 7) is 4.51. The topological polar surface area (TPSA) is 83.6 Å². The Bertz CT molecular complexity index is 505. The van der Waals surface area contributed by atoms with Crippen molar-refractivity contribution < 1.29 is 14.3 Å². The van der Waals surface area contributed by atoms with Crippen molar-refractivity contribution in [2.24, 2.45) is 0 Å². The molecule has 0 radical (unpaired) electrons. The van der Waals surface area contributed by atoms with E-state index in [1.165, 1.54) is 4.90 Å². The van der Waals surface area contributed by atoms with Crippen LogP contribution in [0.1, 0.15) is 25.8 Å². The third kappa shape index (κ3) is 5.59. The summed E-state index contributed by atoms with van der Waals surface area (Å²) < 4.78 is 5.53. The van der Waals surface area contributed by atoms with Gasteiger partial charge in [0.1, 0.15) is 6.04 Å². The van der Waals surface area contributed by atoms with Gasteiger partial charge in [-0.2, -0.15) is 0 Å². The number of nitrogens with zero attached hydrogens (tertiary/aromatic N) is 2. The summed E-state index contributed by atoms with van der Waals surface area (Å²) in [5, 5.41) is 5.29. The van der Waals surface area contributed by atoms with Crippen molar-refractivity contribution >= 4 is 11.9 Å². The van der Waals surface area contributed by atoms with Crippen LogP contribution in [0, 0.1) is 0 Å². The highest BCUT2D eigenvalue weighted by atomic mass is 16.5. The van der Waals surface area contributed by atoms with Crippen molar-refractivity contribution in [2.75, 3.05) is 20.7 Å². The molecule has 22 heavy (non-hydrogen) atoms. The maximum Gasteiger partial charge on any atom is 0.315 e. The normalized spacial score (nSPS) is 11.5. The van der Waals surface area contributed by atoms with Crippen LogP contribution in [0.25, 0.3) is 0 Å². The summed E-state index contributed by atoms with van der Waals surface area (Å²) in [6, 6.07) is 2.63. The molecule has 0 spiro atoms. The third-order valence-corrected chi connectivity index (χ3v) is 2.89. The zero-order valence-corrected chi connectivity index (χ0v) is 13.5. The summed E-state index contributed by atoms with van der Waals surface area (Å²) in [4.78, 5) is 29.1. The molecule has 2 N–H and O–H groups in total. The highest BCUT2D eigenvalue weighted by Gasteiger charge is 2.17. The van der Waals surface area contributed by atoms with E-state index in [1.807, 2.05) is 13.0 Å². The lowest BCUT2D eigenvalue weighted by atomic mass is 10.2. The van der Waals surface area contributed by atoms with Crippen LogP contribution in [0.2, 0.25) is 0 Å². The first-order valence-electron chi connectivity index (χ1n) is 7.28. The molecule has 7 heteroatoms. The predicted molar refractivity (Wildman–Crippen MR) is 83.6 cm³/mol. The Balaban J connectivity index is 2.52. The fourth-order valence-electron chi connectivity index (χ4n) is 1.76. The monoisotopic (exact) mass is 308 g/mol. The van der Waals surface area contributed by atoms with Gasteiger partial charge >= 0.3 is 6.03 Å². The van der Waals surface area contributed by atoms with E-state index < -0.39 is 12.1 Å². The smallest absolute Gasteiger partial charge is 0.315 e. The first kappa shape index (κ1) is 17.7. The molecule has 1 atom stereocenters. The minimum absolute atomic E-state index is 0.163. The number of urea groups is 1. The maximum absolute atomic E-state index is 11.8. The molecular formula is C15H24N4O3. The number of hydrogen-bond donors (Lipinski definition) is 2. The molecule has 0 aliphatic carbocycles. The molecule has 0 aliphatic heterocycles. The fourth-order valence-corrected chi connectivity index (χ4v) is 1.76. The molecule has 7 nitrogen and oxygen atoms in total. The second kappa shape index (κ2) is 8.86. The number of amides is 3. The quantitative estimate of drug-likeness (QED) is 0.791. The van der Waals surface area contributed by atoms with Crippen molar-refractivity contribution in [1.82, 2.24) is 20.5 Å².